The maximum atomic E-state index is 8.87. The van der Waals surface area contributed by atoms with E-state index in [0.29, 0.717) is 12.5 Å². The van der Waals surface area contributed by atoms with Crippen molar-refractivity contribution in [2.45, 2.75) is 70.1 Å². The first kappa shape index (κ1) is 22.9. The highest BCUT2D eigenvalue weighted by Crippen LogP contribution is 2.47. The van der Waals surface area contributed by atoms with E-state index in [1.165, 1.54) is 47.4 Å². The third-order valence-electron chi connectivity index (χ3n) is 7.50. The molecule has 170 valence electrons. The monoisotopic (exact) mass is 441 g/mol. The van der Waals surface area contributed by atoms with Crippen LogP contribution >= 0.6 is 11.3 Å². The molecule has 0 bridgehead atoms. The molecule has 0 radical (unpaired) electrons. The molecule has 1 saturated heterocycles. The van der Waals surface area contributed by atoms with Crippen molar-refractivity contribution in [2.24, 2.45) is 0 Å². The number of piperidine rings is 1. The zero-order valence-corrected chi connectivity index (χ0v) is 20.5. The molecule has 0 saturated carbocycles. The minimum absolute atomic E-state index is 0.216. The molecule has 4 nitrogen and oxygen atoms in total. The number of hydrogen-bond acceptors (Lipinski definition) is 5. The van der Waals surface area contributed by atoms with Crippen LogP contribution in [-0.2, 0) is 10.8 Å². The number of aromatic nitrogens is 1. The standard InChI is InChI=1S/C26H39N3OS/c1-25(2)9-10-26(3,4)22-17-20(5-6-21(22)25)23-18-31-24(28-23)19-7-13-29(14-8-19)15-11-27-12-16-30/h5-6,17-19,27,30H,7-16H2,1-4H3. The second-order valence-electron chi connectivity index (χ2n) is 10.7. The average molecular weight is 442 g/mol. The Morgan fingerprint density at radius 1 is 1.06 bits per heavy atom. The van der Waals surface area contributed by atoms with Crippen LogP contribution in [0.5, 0.6) is 0 Å². The summed E-state index contributed by atoms with van der Waals surface area (Å²) in [5, 5.41) is 15.7. The Hall–Kier alpha value is -1.27. The molecule has 2 aliphatic rings. The van der Waals surface area contributed by atoms with Crippen LogP contribution in [0.1, 0.15) is 75.4 Å². The van der Waals surface area contributed by atoms with E-state index in [9.17, 15) is 0 Å². The number of hydrogen-bond donors (Lipinski definition) is 2. The van der Waals surface area contributed by atoms with Gasteiger partial charge in [0, 0.05) is 36.5 Å². The summed E-state index contributed by atoms with van der Waals surface area (Å²) >= 11 is 1.84. The summed E-state index contributed by atoms with van der Waals surface area (Å²) in [7, 11) is 0. The molecule has 0 unspecified atom stereocenters. The van der Waals surface area contributed by atoms with E-state index in [-0.39, 0.29) is 17.4 Å². The van der Waals surface area contributed by atoms with Gasteiger partial charge in [-0.25, -0.2) is 4.98 Å². The van der Waals surface area contributed by atoms with Gasteiger partial charge in [0.15, 0.2) is 0 Å². The van der Waals surface area contributed by atoms with Crippen molar-refractivity contribution in [2.75, 3.05) is 39.3 Å². The predicted molar refractivity (Wildman–Crippen MR) is 131 cm³/mol. The summed E-state index contributed by atoms with van der Waals surface area (Å²) < 4.78 is 0. The molecule has 1 fully saturated rings. The quantitative estimate of drug-likeness (QED) is 0.599. The van der Waals surface area contributed by atoms with Gasteiger partial charge in [0.1, 0.15) is 0 Å². The van der Waals surface area contributed by atoms with Gasteiger partial charge in [-0.05, 0) is 66.8 Å². The fourth-order valence-corrected chi connectivity index (χ4v) is 6.20. The number of fused-ring (bicyclic) bond motifs is 1. The van der Waals surface area contributed by atoms with E-state index < -0.39 is 0 Å². The summed E-state index contributed by atoms with van der Waals surface area (Å²) in [5.41, 5.74) is 5.95. The second-order valence-corrected chi connectivity index (χ2v) is 11.6. The number of nitrogens with zero attached hydrogens (tertiary/aromatic N) is 2. The molecule has 1 aliphatic heterocycles. The summed E-state index contributed by atoms with van der Waals surface area (Å²) in [6, 6.07) is 7.09. The first-order valence-electron chi connectivity index (χ1n) is 11.9. The van der Waals surface area contributed by atoms with Gasteiger partial charge < -0.3 is 15.3 Å². The number of rotatable bonds is 7. The highest BCUT2D eigenvalue weighted by Gasteiger charge is 2.37. The molecule has 1 aliphatic carbocycles. The van der Waals surface area contributed by atoms with Gasteiger partial charge in [-0.3, -0.25) is 0 Å². The number of thiazole rings is 1. The third kappa shape index (κ3) is 5.05. The van der Waals surface area contributed by atoms with E-state index in [4.69, 9.17) is 10.1 Å². The van der Waals surface area contributed by atoms with E-state index in [2.05, 4.69) is 61.5 Å². The highest BCUT2D eigenvalue weighted by atomic mass is 32.1. The summed E-state index contributed by atoms with van der Waals surface area (Å²) in [6.07, 6.45) is 4.88. The van der Waals surface area contributed by atoms with Crippen LogP contribution in [0.3, 0.4) is 0 Å². The van der Waals surface area contributed by atoms with Gasteiger partial charge in [0.2, 0.25) is 0 Å². The van der Waals surface area contributed by atoms with Crippen molar-refractivity contribution in [1.82, 2.24) is 15.2 Å². The fourth-order valence-electron chi connectivity index (χ4n) is 5.20. The first-order valence-corrected chi connectivity index (χ1v) is 12.8. The van der Waals surface area contributed by atoms with Crippen LogP contribution in [0.15, 0.2) is 23.6 Å². The van der Waals surface area contributed by atoms with Crippen molar-refractivity contribution < 1.29 is 5.11 Å². The molecule has 2 aromatic rings. The third-order valence-corrected chi connectivity index (χ3v) is 8.51. The highest BCUT2D eigenvalue weighted by molar-refractivity contribution is 7.10. The van der Waals surface area contributed by atoms with Gasteiger partial charge in [0.05, 0.1) is 17.3 Å². The molecule has 2 N–H and O–H groups in total. The summed E-state index contributed by atoms with van der Waals surface area (Å²) in [5.74, 6) is 0.591. The minimum Gasteiger partial charge on any atom is -0.395 e. The number of likely N-dealkylation sites (tertiary alicyclic amines) is 1. The number of nitrogens with one attached hydrogen (secondary N) is 1. The van der Waals surface area contributed by atoms with Crippen LogP contribution < -0.4 is 5.32 Å². The molecule has 5 heteroatoms. The van der Waals surface area contributed by atoms with E-state index >= 15 is 0 Å². The molecule has 2 heterocycles. The molecule has 31 heavy (non-hydrogen) atoms. The SMILES string of the molecule is CC1(C)CCC(C)(C)c2cc(-c3csc(C4CCN(CCNCCO)CC4)n3)ccc21. The molecular formula is C26H39N3OS. The maximum Gasteiger partial charge on any atom is 0.0964 e. The lowest BCUT2D eigenvalue weighted by molar-refractivity contribution is 0.210. The Balaban J connectivity index is 1.43. The van der Waals surface area contributed by atoms with Crippen LogP contribution in [0, 0.1) is 0 Å². The fraction of sp³-hybridized carbons (Fsp3) is 0.654. The Morgan fingerprint density at radius 3 is 2.48 bits per heavy atom. The lowest BCUT2D eigenvalue weighted by Gasteiger charge is -2.42. The van der Waals surface area contributed by atoms with Crippen molar-refractivity contribution in [1.29, 1.82) is 0 Å². The molecule has 1 aromatic carbocycles. The first-order chi connectivity index (χ1) is 14.8. The molecular weight excluding hydrogens is 402 g/mol. The molecule has 1 aromatic heterocycles. The lowest BCUT2D eigenvalue weighted by Crippen LogP contribution is -2.38. The van der Waals surface area contributed by atoms with Crippen molar-refractivity contribution in [3.63, 3.8) is 0 Å². The van der Waals surface area contributed by atoms with Gasteiger partial charge in [-0.1, -0.05) is 39.8 Å². The normalized spacial score (nSPS) is 21.2. The topological polar surface area (TPSA) is 48.4 Å². The molecule has 0 atom stereocenters. The Bertz CT molecular complexity index is 881. The summed E-state index contributed by atoms with van der Waals surface area (Å²) in [6.45, 7) is 14.8. The van der Waals surface area contributed by atoms with Crippen LogP contribution in [0.25, 0.3) is 11.3 Å². The second kappa shape index (κ2) is 9.30. The van der Waals surface area contributed by atoms with Crippen LogP contribution in [0.2, 0.25) is 0 Å². The van der Waals surface area contributed by atoms with Gasteiger partial charge >= 0.3 is 0 Å². The van der Waals surface area contributed by atoms with Crippen LogP contribution in [-0.4, -0.2) is 54.3 Å². The Morgan fingerprint density at radius 2 is 1.77 bits per heavy atom. The van der Waals surface area contributed by atoms with Gasteiger partial charge in [0.25, 0.3) is 0 Å². The lowest BCUT2D eigenvalue weighted by atomic mass is 9.63. The Kier molecular flexibility index (Phi) is 6.87. The van der Waals surface area contributed by atoms with Crippen molar-refractivity contribution >= 4 is 11.3 Å². The predicted octanol–water partition coefficient (Wildman–Crippen LogP) is 4.92. The smallest absolute Gasteiger partial charge is 0.0964 e. The largest absolute Gasteiger partial charge is 0.395 e. The maximum absolute atomic E-state index is 8.87. The molecule has 0 amide bonds. The van der Waals surface area contributed by atoms with Gasteiger partial charge in [-0.15, -0.1) is 11.3 Å². The number of aliphatic hydroxyl groups is 1. The molecule has 4 rings (SSSR count). The zero-order valence-electron chi connectivity index (χ0n) is 19.7. The number of aliphatic hydroxyl groups excluding tert-OH is 1. The van der Waals surface area contributed by atoms with Crippen molar-refractivity contribution in [3.05, 3.63) is 39.7 Å². The molecule has 0 spiro atoms. The average Bonchev–Trinajstić information content (AvgIpc) is 3.25. The van der Waals surface area contributed by atoms with Crippen LogP contribution in [0.4, 0.5) is 0 Å². The van der Waals surface area contributed by atoms with E-state index in [0.717, 1.165) is 31.9 Å². The minimum atomic E-state index is 0.216. The zero-order chi connectivity index (χ0) is 22.1. The van der Waals surface area contributed by atoms with E-state index in [1.807, 2.05) is 11.3 Å². The van der Waals surface area contributed by atoms with E-state index in [1.54, 1.807) is 0 Å². The van der Waals surface area contributed by atoms with Gasteiger partial charge in [-0.2, -0.15) is 0 Å². The van der Waals surface area contributed by atoms with Crippen molar-refractivity contribution in [3.8, 4) is 11.3 Å². The number of benzene rings is 1. The Labute approximate surface area is 192 Å². The summed E-state index contributed by atoms with van der Waals surface area (Å²) in [4.78, 5) is 7.64.